The van der Waals surface area contributed by atoms with Gasteiger partial charge in [0, 0.05) is 0 Å². The lowest BCUT2D eigenvalue weighted by molar-refractivity contribution is 0.473. The van der Waals surface area contributed by atoms with Crippen LogP contribution in [-0.2, 0) is 0 Å². The van der Waals surface area contributed by atoms with Crippen LogP contribution in [0, 0.1) is 0 Å². The molecule has 0 aliphatic rings. The first kappa shape index (κ1) is 16.3. The molecule has 1 nitrogen and oxygen atoms in total. The van der Waals surface area contributed by atoms with Crippen LogP contribution in [-0.4, -0.2) is 5.11 Å². The van der Waals surface area contributed by atoms with Crippen molar-refractivity contribution in [3.63, 3.8) is 0 Å². The van der Waals surface area contributed by atoms with E-state index in [1.54, 1.807) is 6.08 Å². The Kier molecular flexibility index (Phi) is 14.6. The first-order chi connectivity index (χ1) is 8.41. The van der Waals surface area contributed by atoms with Gasteiger partial charge in [-0.3, -0.25) is 0 Å². The van der Waals surface area contributed by atoms with Gasteiger partial charge in [-0.1, -0.05) is 76.9 Å². The van der Waals surface area contributed by atoms with E-state index in [4.69, 9.17) is 5.11 Å². The van der Waals surface area contributed by atoms with Crippen LogP contribution in [0.1, 0.15) is 77.6 Å². The molecule has 1 heteroatoms. The van der Waals surface area contributed by atoms with Crippen molar-refractivity contribution in [3.8, 4) is 0 Å². The van der Waals surface area contributed by atoms with Gasteiger partial charge in [0.25, 0.3) is 0 Å². The highest BCUT2D eigenvalue weighted by molar-refractivity contribution is 4.98. The van der Waals surface area contributed by atoms with Crippen LogP contribution >= 0.6 is 0 Å². The SMILES string of the molecule is CCCCCCCCCCCCC=C/C=C/O. The summed E-state index contributed by atoms with van der Waals surface area (Å²) in [5.74, 6) is 0. The molecule has 0 radical (unpaired) electrons. The van der Waals surface area contributed by atoms with E-state index in [1.165, 1.54) is 64.2 Å². The summed E-state index contributed by atoms with van der Waals surface area (Å²) in [6, 6.07) is 0. The van der Waals surface area contributed by atoms with Crippen LogP contribution in [0.15, 0.2) is 24.5 Å². The van der Waals surface area contributed by atoms with Crippen molar-refractivity contribution in [3.05, 3.63) is 24.5 Å². The molecule has 0 saturated heterocycles. The number of hydrogen-bond acceptors (Lipinski definition) is 1. The first-order valence-corrected chi connectivity index (χ1v) is 7.37. The molecule has 0 aromatic rings. The standard InChI is InChI=1S/C16H30O/c1-2-3-4-5-6-7-8-9-10-11-12-13-14-15-16-17/h13-17H,2-12H2,1H3/b14-13?,16-15+. The lowest BCUT2D eigenvalue weighted by atomic mass is 10.1. The quantitative estimate of drug-likeness (QED) is 0.254. The number of aliphatic hydroxyl groups is 1. The molecule has 0 saturated carbocycles. The van der Waals surface area contributed by atoms with Gasteiger partial charge in [0.2, 0.25) is 0 Å². The van der Waals surface area contributed by atoms with Crippen LogP contribution < -0.4 is 0 Å². The van der Waals surface area contributed by atoms with E-state index in [-0.39, 0.29) is 0 Å². The topological polar surface area (TPSA) is 20.2 Å². The maximum atomic E-state index is 8.41. The summed E-state index contributed by atoms with van der Waals surface area (Å²) in [5, 5.41) is 8.41. The molecule has 0 bridgehead atoms. The first-order valence-electron chi connectivity index (χ1n) is 7.37. The largest absolute Gasteiger partial charge is 0.516 e. The second-order valence-corrected chi connectivity index (χ2v) is 4.74. The molecular weight excluding hydrogens is 208 g/mol. The van der Waals surface area contributed by atoms with Crippen molar-refractivity contribution in [1.82, 2.24) is 0 Å². The molecule has 100 valence electrons. The van der Waals surface area contributed by atoms with Crippen molar-refractivity contribution in [2.45, 2.75) is 77.6 Å². The van der Waals surface area contributed by atoms with Crippen LogP contribution in [0.25, 0.3) is 0 Å². The molecule has 0 aliphatic heterocycles. The molecule has 1 N–H and O–H groups in total. The van der Waals surface area contributed by atoms with Gasteiger partial charge in [0.1, 0.15) is 0 Å². The fourth-order valence-electron chi connectivity index (χ4n) is 1.97. The lowest BCUT2D eigenvalue weighted by Gasteiger charge is -2.01. The zero-order valence-corrected chi connectivity index (χ0v) is 11.5. The highest BCUT2D eigenvalue weighted by atomic mass is 16.2. The Morgan fingerprint density at radius 2 is 1.24 bits per heavy atom. The second-order valence-electron chi connectivity index (χ2n) is 4.74. The maximum Gasteiger partial charge on any atom is 0.0791 e. The van der Waals surface area contributed by atoms with Crippen molar-refractivity contribution in [2.75, 3.05) is 0 Å². The molecule has 0 unspecified atom stereocenters. The van der Waals surface area contributed by atoms with Crippen LogP contribution in [0.5, 0.6) is 0 Å². The summed E-state index contributed by atoms with van der Waals surface area (Å²) in [4.78, 5) is 0. The van der Waals surface area contributed by atoms with E-state index in [0.717, 1.165) is 12.7 Å². The van der Waals surface area contributed by atoms with E-state index in [1.807, 2.05) is 6.08 Å². The summed E-state index contributed by atoms with van der Waals surface area (Å²) in [7, 11) is 0. The number of hydrogen-bond donors (Lipinski definition) is 1. The van der Waals surface area contributed by atoms with E-state index in [9.17, 15) is 0 Å². The van der Waals surface area contributed by atoms with Gasteiger partial charge >= 0.3 is 0 Å². The fourth-order valence-corrected chi connectivity index (χ4v) is 1.97. The predicted molar refractivity (Wildman–Crippen MR) is 77.4 cm³/mol. The second kappa shape index (κ2) is 15.3. The molecule has 0 aromatic heterocycles. The minimum atomic E-state index is 1.08. The highest BCUT2D eigenvalue weighted by Crippen LogP contribution is 2.11. The van der Waals surface area contributed by atoms with E-state index >= 15 is 0 Å². The zero-order chi connectivity index (χ0) is 12.6. The van der Waals surface area contributed by atoms with Crippen molar-refractivity contribution in [2.24, 2.45) is 0 Å². The van der Waals surface area contributed by atoms with Crippen molar-refractivity contribution < 1.29 is 5.11 Å². The molecule has 0 amide bonds. The summed E-state index contributed by atoms with van der Waals surface area (Å²) < 4.78 is 0. The zero-order valence-electron chi connectivity index (χ0n) is 11.5. The third kappa shape index (κ3) is 15.3. The Morgan fingerprint density at radius 1 is 0.706 bits per heavy atom. The van der Waals surface area contributed by atoms with Gasteiger partial charge in [0.05, 0.1) is 6.26 Å². The van der Waals surface area contributed by atoms with Gasteiger partial charge in [-0.05, 0) is 18.9 Å². The molecule has 0 fully saturated rings. The summed E-state index contributed by atoms with van der Waals surface area (Å²) in [6.45, 7) is 2.27. The number of aliphatic hydroxyl groups excluding tert-OH is 1. The van der Waals surface area contributed by atoms with E-state index in [2.05, 4.69) is 13.0 Å². The van der Waals surface area contributed by atoms with Gasteiger partial charge in [-0.2, -0.15) is 0 Å². The van der Waals surface area contributed by atoms with Crippen molar-refractivity contribution >= 4 is 0 Å². The molecule has 0 aliphatic carbocycles. The average molecular weight is 238 g/mol. The minimum absolute atomic E-state index is 1.08. The van der Waals surface area contributed by atoms with E-state index < -0.39 is 0 Å². The Morgan fingerprint density at radius 3 is 1.76 bits per heavy atom. The number of rotatable bonds is 12. The normalized spacial score (nSPS) is 11.8. The Balaban J connectivity index is 2.98. The van der Waals surface area contributed by atoms with Crippen LogP contribution in [0.4, 0.5) is 0 Å². The molecule has 0 aromatic carbocycles. The van der Waals surface area contributed by atoms with Gasteiger partial charge in [-0.15, -0.1) is 0 Å². The summed E-state index contributed by atoms with van der Waals surface area (Å²) in [6.07, 6.45) is 21.8. The maximum absolute atomic E-state index is 8.41. The smallest absolute Gasteiger partial charge is 0.0791 e. The third-order valence-corrected chi connectivity index (χ3v) is 3.06. The van der Waals surface area contributed by atoms with Gasteiger partial charge in [0.15, 0.2) is 0 Å². The molecule has 17 heavy (non-hydrogen) atoms. The number of unbranched alkanes of at least 4 members (excludes halogenated alkanes) is 10. The molecule has 0 spiro atoms. The Labute approximate surface area is 108 Å². The third-order valence-electron chi connectivity index (χ3n) is 3.06. The monoisotopic (exact) mass is 238 g/mol. The summed E-state index contributed by atoms with van der Waals surface area (Å²) >= 11 is 0. The van der Waals surface area contributed by atoms with Crippen molar-refractivity contribution in [1.29, 1.82) is 0 Å². The lowest BCUT2D eigenvalue weighted by Crippen LogP contribution is -1.81. The minimum Gasteiger partial charge on any atom is -0.516 e. The average Bonchev–Trinajstić information content (AvgIpc) is 2.35. The highest BCUT2D eigenvalue weighted by Gasteiger charge is 1.91. The molecule has 0 rings (SSSR count). The fraction of sp³-hybridized carbons (Fsp3) is 0.750. The van der Waals surface area contributed by atoms with E-state index in [0.29, 0.717) is 0 Å². The molecule has 0 atom stereocenters. The Hall–Kier alpha value is -0.720. The van der Waals surface area contributed by atoms with Crippen LogP contribution in [0.2, 0.25) is 0 Å². The Bertz CT molecular complexity index is 182. The molecule has 0 heterocycles. The summed E-state index contributed by atoms with van der Waals surface area (Å²) in [5.41, 5.74) is 0. The number of allylic oxidation sites excluding steroid dienone is 3. The van der Waals surface area contributed by atoms with Crippen LogP contribution in [0.3, 0.4) is 0 Å². The predicted octanol–water partition coefficient (Wildman–Crippen LogP) is 5.93. The van der Waals surface area contributed by atoms with Gasteiger partial charge < -0.3 is 5.11 Å². The molecular formula is C16H30O. The van der Waals surface area contributed by atoms with Gasteiger partial charge in [-0.25, -0.2) is 0 Å².